The lowest BCUT2D eigenvalue weighted by Crippen LogP contribution is -2.51. The van der Waals surface area contributed by atoms with E-state index in [0.29, 0.717) is 31.9 Å². The zero-order valence-electron chi connectivity index (χ0n) is 14.7. The summed E-state index contributed by atoms with van der Waals surface area (Å²) in [6, 6.07) is 13.2. The molecule has 0 N–H and O–H groups in total. The van der Waals surface area contributed by atoms with Gasteiger partial charge in [-0.3, -0.25) is 14.6 Å². The molecule has 0 aliphatic carbocycles. The van der Waals surface area contributed by atoms with Crippen molar-refractivity contribution < 1.29 is 14.3 Å². The van der Waals surface area contributed by atoms with E-state index in [4.69, 9.17) is 4.74 Å². The number of hydrogen-bond donors (Lipinski definition) is 0. The number of para-hydroxylation sites is 1. The lowest BCUT2D eigenvalue weighted by Gasteiger charge is -2.34. The number of piperazine rings is 1. The maximum atomic E-state index is 12.5. The average molecular weight is 381 g/mol. The van der Waals surface area contributed by atoms with Gasteiger partial charge in [0.25, 0.3) is 11.8 Å². The van der Waals surface area contributed by atoms with Gasteiger partial charge in [-0.05, 0) is 23.6 Å². The van der Waals surface area contributed by atoms with Crippen LogP contribution in [0.4, 0.5) is 0 Å². The number of fused-ring (bicyclic) bond motifs is 1. The largest absolute Gasteiger partial charge is 0.481 e. The number of carbonyl (C=O) groups excluding carboxylic acids is 2. The summed E-state index contributed by atoms with van der Waals surface area (Å²) < 4.78 is 5.73. The van der Waals surface area contributed by atoms with Gasteiger partial charge in [-0.15, -0.1) is 11.3 Å². The molecule has 1 aliphatic rings. The first kappa shape index (κ1) is 17.5. The van der Waals surface area contributed by atoms with E-state index in [1.807, 2.05) is 47.8 Å². The predicted molar refractivity (Wildman–Crippen MR) is 104 cm³/mol. The Balaban J connectivity index is 1.33. The minimum absolute atomic E-state index is 0.0332. The van der Waals surface area contributed by atoms with E-state index in [0.717, 1.165) is 15.8 Å². The van der Waals surface area contributed by atoms with Crippen molar-refractivity contribution in [3.8, 4) is 5.75 Å². The quantitative estimate of drug-likeness (QED) is 0.697. The van der Waals surface area contributed by atoms with E-state index in [9.17, 15) is 9.59 Å². The summed E-state index contributed by atoms with van der Waals surface area (Å²) in [6.07, 6.45) is 1.71. The molecule has 1 aromatic carbocycles. The van der Waals surface area contributed by atoms with Crippen LogP contribution in [0.2, 0.25) is 0 Å². The van der Waals surface area contributed by atoms with Crippen LogP contribution in [0.25, 0.3) is 10.9 Å². The summed E-state index contributed by atoms with van der Waals surface area (Å²) in [5.41, 5.74) is 0.749. The second-order valence-corrected chi connectivity index (χ2v) is 7.22. The highest BCUT2D eigenvalue weighted by atomic mass is 32.1. The molecule has 3 aromatic rings. The summed E-state index contributed by atoms with van der Waals surface area (Å²) in [7, 11) is 0. The Hall–Kier alpha value is -2.93. The molecule has 0 atom stereocenters. The molecule has 6 nitrogen and oxygen atoms in total. The average Bonchev–Trinajstić information content (AvgIpc) is 3.26. The van der Waals surface area contributed by atoms with E-state index in [1.165, 1.54) is 11.3 Å². The Morgan fingerprint density at radius 2 is 1.78 bits per heavy atom. The van der Waals surface area contributed by atoms with E-state index < -0.39 is 0 Å². The molecule has 2 aromatic heterocycles. The minimum Gasteiger partial charge on any atom is -0.481 e. The molecule has 0 bridgehead atoms. The van der Waals surface area contributed by atoms with Gasteiger partial charge in [-0.2, -0.15) is 0 Å². The first-order valence-electron chi connectivity index (χ1n) is 8.79. The predicted octanol–water partition coefficient (Wildman–Crippen LogP) is 2.66. The van der Waals surface area contributed by atoms with Crippen LogP contribution in [0.15, 0.2) is 54.0 Å². The topological polar surface area (TPSA) is 62.7 Å². The van der Waals surface area contributed by atoms with Crippen LogP contribution in [-0.2, 0) is 4.79 Å². The number of aromatic nitrogens is 1. The zero-order valence-corrected chi connectivity index (χ0v) is 15.5. The Bertz CT molecular complexity index is 945. The molecule has 4 rings (SSSR count). The van der Waals surface area contributed by atoms with Crippen molar-refractivity contribution >= 4 is 34.1 Å². The van der Waals surface area contributed by atoms with Crippen molar-refractivity contribution in [1.29, 1.82) is 0 Å². The molecular formula is C20H19N3O3S. The molecule has 3 heterocycles. The lowest BCUT2D eigenvalue weighted by atomic mass is 10.2. The first-order chi connectivity index (χ1) is 13.2. The van der Waals surface area contributed by atoms with Crippen LogP contribution in [-0.4, -0.2) is 59.4 Å². The monoisotopic (exact) mass is 381 g/mol. The second-order valence-electron chi connectivity index (χ2n) is 6.27. The van der Waals surface area contributed by atoms with E-state index in [2.05, 4.69) is 4.98 Å². The molecule has 1 aliphatic heterocycles. The van der Waals surface area contributed by atoms with Gasteiger partial charge in [-0.1, -0.05) is 24.3 Å². The fourth-order valence-corrected chi connectivity index (χ4v) is 3.83. The summed E-state index contributed by atoms with van der Waals surface area (Å²) in [5.74, 6) is 0.564. The Morgan fingerprint density at radius 1 is 1.00 bits per heavy atom. The second kappa shape index (κ2) is 7.75. The van der Waals surface area contributed by atoms with Crippen molar-refractivity contribution in [2.75, 3.05) is 32.8 Å². The van der Waals surface area contributed by atoms with Crippen molar-refractivity contribution in [2.24, 2.45) is 0 Å². The number of amides is 2. The molecule has 27 heavy (non-hydrogen) atoms. The number of benzene rings is 1. The molecule has 1 saturated heterocycles. The van der Waals surface area contributed by atoms with E-state index in [-0.39, 0.29) is 18.4 Å². The molecule has 0 radical (unpaired) electrons. The van der Waals surface area contributed by atoms with Gasteiger partial charge in [0.1, 0.15) is 11.3 Å². The number of pyridine rings is 1. The summed E-state index contributed by atoms with van der Waals surface area (Å²) in [4.78, 5) is 33.5. The van der Waals surface area contributed by atoms with E-state index >= 15 is 0 Å². The van der Waals surface area contributed by atoms with Crippen LogP contribution in [0.3, 0.4) is 0 Å². The summed E-state index contributed by atoms with van der Waals surface area (Å²) in [5, 5.41) is 2.87. The van der Waals surface area contributed by atoms with Gasteiger partial charge in [0.05, 0.1) is 4.88 Å². The van der Waals surface area contributed by atoms with Crippen molar-refractivity contribution in [3.05, 3.63) is 58.9 Å². The fraction of sp³-hybridized carbons (Fsp3) is 0.250. The van der Waals surface area contributed by atoms with Gasteiger partial charge in [0.15, 0.2) is 6.61 Å². The van der Waals surface area contributed by atoms with Crippen LogP contribution < -0.4 is 4.74 Å². The van der Waals surface area contributed by atoms with Crippen molar-refractivity contribution in [1.82, 2.24) is 14.8 Å². The number of nitrogens with zero attached hydrogens (tertiary/aromatic N) is 3. The van der Waals surface area contributed by atoms with Gasteiger partial charge in [-0.25, -0.2) is 0 Å². The maximum Gasteiger partial charge on any atom is 0.264 e. The first-order valence-corrected chi connectivity index (χ1v) is 9.67. The van der Waals surface area contributed by atoms with Crippen LogP contribution in [0, 0.1) is 0 Å². The highest BCUT2D eigenvalue weighted by Crippen LogP contribution is 2.23. The molecule has 7 heteroatoms. The summed E-state index contributed by atoms with van der Waals surface area (Å²) >= 11 is 1.44. The van der Waals surface area contributed by atoms with Gasteiger partial charge < -0.3 is 14.5 Å². The maximum absolute atomic E-state index is 12.5. The van der Waals surface area contributed by atoms with Gasteiger partial charge >= 0.3 is 0 Å². The molecular weight excluding hydrogens is 362 g/mol. The number of thiophene rings is 1. The third-order valence-electron chi connectivity index (χ3n) is 4.60. The molecule has 0 spiro atoms. The molecule has 0 saturated carbocycles. The molecule has 2 amide bonds. The smallest absolute Gasteiger partial charge is 0.264 e. The standard InChI is InChI=1S/C20H19N3O3S/c24-18(14-26-16-6-1-4-15-5-2-8-21-19(15)16)22-9-11-23(12-10-22)20(25)17-7-3-13-27-17/h1-8,13H,9-12,14H2. The molecule has 0 unspecified atom stereocenters. The van der Waals surface area contributed by atoms with Gasteiger partial charge in [0, 0.05) is 37.8 Å². The fourth-order valence-electron chi connectivity index (χ4n) is 3.14. The van der Waals surface area contributed by atoms with Crippen LogP contribution in [0.1, 0.15) is 9.67 Å². The third kappa shape index (κ3) is 3.78. The highest BCUT2D eigenvalue weighted by molar-refractivity contribution is 7.12. The molecule has 138 valence electrons. The third-order valence-corrected chi connectivity index (χ3v) is 5.46. The van der Waals surface area contributed by atoms with Crippen LogP contribution >= 0.6 is 11.3 Å². The van der Waals surface area contributed by atoms with Gasteiger partial charge in [0.2, 0.25) is 0 Å². The Labute approximate surface area is 161 Å². The normalized spacial score (nSPS) is 14.4. The number of rotatable bonds is 4. The van der Waals surface area contributed by atoms with Crippen molar-refractivity contribution in [2.45, 2.75) is 0 Å². The van der Waals surface area contributed by atoms with Crippen molar-refractivity contribution in [3.63, 3.8) is 0 Å². The number of carbonyl (C=O) groups is 2. The lowest BCUT2D eigenvalue weighted by molar-refractivity contribution is -0.134. The number of hydrogen-bond acceptors (Lipinski definition) is 5. The Kier molecular flexibility index (Phi) is 5.02. The van der Waals surface area contributed by atoms with E-state index in [1.54, 1.807) is 16.0 Å². The van der Waals surface area contributed by atoms with Crippen LogP contribution in [0.5, 0.6) is 5.75 Å². The number of ether oxygens (including phenoxy) is 1. The summed E-state index contributed by atoms with van der Waals surface area (Å²) in [6.45, 7) is 2.09. The molecule has 1 fully saturated rings. The SMILES string of the molecule is O=C(COc1cccc2cccnc12)N1CCN(C(=O)c2cccs2)CC1. The highest BCUT2D eigenvalue weighted by Gasteiger charge is 2.25. The zero-order chi connectivity index (χ0) is 18.6. The Morgan fingerprint density at radius 3 is 2.56 bits per heavy atom. The minimum atomic E-state index is -0.0776.